The largest absolute Gasteiger partial charge is 0.316 e. The maximum atomic E-state index is 4.43. The smallest absolute Gasteiger partial charge is 0.191 e. The Bertz CT molecular complexity index is 604. The lowest BCUT2D eigenvalue weighted by molar-refractivity contribution is 0.436. The van der Waals surface area contributed by atoms with Crippen LogP contribution >= 0.6 is 11.8 Å². The maximum Gasteiger partial charge on any atom is 0.191 e. The number of aromatic nitrogens is 4. The number of hydrogen-bond donors (Lipinski definition) is 1. The van der Waals surface area contributed by atoms with E-state index in [4.69, 9.17) is 0 Å². The molecule has 0 aliphatic carbocycles. The molecule has 1 unspecified atom stereocenters. The molecule has 0 aromatic carbocycles. The molecule has 6 heteroatoms. The van der Waals surface area contributed by atoms with Crippen LogP contribution in [0.1, 0.15) is 35.8 Å². The zero-order valence-corrected chi connectivity index (χ0v) is 13.4. The van der Waals surface area contributed by atoms with Gasteiger partial charge in [0.2, 0.25) is 0 Å². The number of rotatable bonds is 4. The van der Waals surface area contributed by atoms with Crippen molar-refractivity contribution in [2.45, 2.75) is 36.6 Å². The fourth-order valence-electron chi connectivity index (χ4n) is 2.68. The molecular formula is C15H21N5S. The Balaban J connectivity index is 1.69. The number of pyridine rings is 1. The Morgan fingerprint density at radius 3 is 3.10 bits per heavy atom. The van der Waals surface area contributed by atoms with E-state index in [2.05, 4.69) is 45.1 Å². The minimum absolute atomic E-state index is 0.488. The highest BCUT2D eigenvalue weighted by molar-refractivity contribution is 7.98. The van der Waals surface area contributed by atoms with Gasteiger partial charge in [-0.2, -0.15) is 0 Å². The van der Waals surface area contributed by atoms with Gasteiger partial charge in [-0.1, -0.05) is 17.8 Å². The Morgan fingerprint density at radius 2 is 2.33 bits per heavy atom. The molecule has 2 aromatic heterocycles. The fraction of sp³-hybridized carbons (Fsp3) is 0.533. The highest BCUT2D eigenvalue weighted by Gasteiger charge is 2.21. The molecule has 0 saturated carbocycles. The molecule has 3 rings (SSSR count). The molecule has 0 radical (unpaired) electrons. The molecule has 1 atom stereocenters. The van der Waals surface area contributed by atoms with Crippen LogP contribution in [0, 0.1) is 6.92 Å². The van der Waals surface area contributed by atoms with Crippen LogP contribution in [-0.2, 0) is 12.8 Å². The van der Waals surface area contributed by atoms with E-state index >= 15 is 0 Å². The van der Waals surface area contributed by atoms with Crippen LogP contribution in [0.2, 0.25) is 0 Å². The summed E-state index contributed by atoms with van der Waals surface area (Å²) in [5.41, 5.74) is 2.34. The summed E-state index contributed by atoms with van der Waals surface area (Å²) in [5.74, 6) is 2.42. The topological polar surface area (TPSA) is 55.6 Å². The van der Waals surface area contributed by atoms with Crippen LogP contribution in [0.5, 0.6) is 0 Å². The van der Waals surface area contributed by atoms with Crippen molar-refractivity contribution in [2.24, 2.45) is 7.05 Å². The van der Waals surface area contributed by atoms with E-state index in [1.807, 2.05) is 12.3 Å². The third-order valence-electron chi connectivity index (χ3n) is 3.99. The van der Waals surface area contributed by atoms with Gasteiger partial charge in [-0.05, 0) is 37.9 Å². The molecular weight excluding hydrogens is 282 g/mol. The first-order valence-corrected chi connectivity index (χ1v) is 8.37. The minimum Gasteiger partial charge on any atom is -0.316 e. The lowest BCUT2D eigenvalue weighted by Crippen LogP contribution is -2.29. The Hall–Kier alpha value is -1.40. The van der Waals surface area contributed by atoms with Gasteiger partial charge in [0.25, 0.3) is 0 Å². The summed E-state index contributed by atoms with van der Waals surface area (Å²) in [6, 6.07) is 4.07. The number of nitrogens with zero attached hydrogens (tertiary/aromatic N) is 4. The van der Waals surface area contributed by atoms with Crippen LogP contribution < -0.4 is 5.32 Å². The molecule has 21 heavy (non-hydrogen) atoms. The Labute approximate surface area is 129 Å². The molecule has 0 spiro atoms. The number of nitrogens with one attached hydrogen (secondary N) is 1. The number of aryl methyl sites for hydroxylation is 1. The monoisotopic (exact) mass is 303 g/mol. The highest BCUT2D eigenvalue weighted by atomic mass is 32.2. The third-order valence-corrected chi connectivity index (χ3v) is 5.02. The normalized spacial score (nSPS) is 18.9. The van der Waals surface area contributed by atoms with Gasteiger partial charge in [-0.25, -0.2) is 0 Å². The summed E-state index contributed by atoms with van der Waals surface area (Å²) >= 11 is 1.71. The fourth-order valence-corrected chi connectivity index (χ4v) is 3.64. The first kappa shape index (κ1) is 14.5. The van der Waals surface area contributed by atoms with Crippen molar-refractivity contribution in [1.82, 2.24) is 25.1 Å². The van der Waals surface area contributed by atoms with Gasteiger partial charge < -0.3 is 9.88 Å². The van der Waals surface area contributed by atoms with Crippen LogP contribution in [0.25, 0.3) is 0 Å². The van der Waals surface area contributed by atoms with E-state index in [0.29, 0.717) is 5.92 Å². The molecule has 0 amide bonds. The van der Waals surface area contributed by atoms with Gasteiger partial charge in [0.15, 0.2) is 5.16 Å². The Morgan fingerprint density at radius 1 is 1.43 bits per heavy atom. The van der Waals surface area contributed by atoms with Crippen molar-refractivity contribution < 1.29 is 0 Å². The maximum absolute atomic E-state index is 4.43. The predicted octanol–water partition coefficient (Wildman–Crippen LogP) is 2.28. The second-order valence-corrected chi connectivity index (χ2v) is 6.44. The first-order valence-electron chi connectivity index (χ1n) is 7.39. The van der Waals surface area contributed by atoms with Gasteiger partial charge in [0, 0.05) is 31.5 Å². The summed E-state index contributed by atoms with van der Waals surface area (Å²) in [6.45, 7) is 4.23. The van der Waals surface area contributed by atoms with Crippen molar-refractivity contribution in [2.75, 3.05) is 13.1 Å². The average Bonchev–Trinajstić information content (AvgIpc) is 2.88. The van der Waals surface area contributed by atoms with E-state index in [-0.39, 0.29) is 0 Å². The molecule has 1 aliphatic heterocycles. The van der Waals surface area contributed by atoms with Crippen molar-refractivity contribution in [1.29, 1.82) is 0 Å². The van der Waals surface area contributed by atoms with Gasteiger partial charge in [0.1, 0.15) is 5.82 Å². The van der Waals surface area contributed by atoms with Gasteiger partial charge in [-0.3, -0.25) is 4.98 Å². The van der Waals surface area contributed by atoms with E-state index in [1.165, 1.54) is 18.4 Å². The van der Waals surface area contributed by atoms with Gasteiger partial charge >= 0.3 is 0 Å². The number of hydrogen-bond acceptors (Lipinski definition) is 5. The predicted molar refractivity (Wildman–Crippen MR) is 84.4 cm³/mol. The Kier molecular flexibility index (Phi) is 4.55. The number of piperidine rings is 1. The summed E-state index contributed by atoms with van der Waals surface area (Å²) in [6.07, 6.45) is 4.26. The lowest BCUT2D eigenvalue weighted by atomic mass is 9.99. The molecule has 3 heterocycles. The van der Waals surface area contributed by atoms with Gasteiger partial charge in [-0.15, -0.1) is 10.2 Å². The SMILES string of the molecule is Cc1cccnc1CSc1nnc(C2CCCNC2)n1C. The summed E-state index contributed by atoms with van der Waals surface area (Å²) in [4.78, 5) is 4.43. The number of thioether (sulfide) groups is 1. The molecule has 0 bridgehead atoms. The van der Waals surface area contributed by atoms with Crippen molar-refractivity contribution in [3.63, 3.8) is 0 Å². The van der Waals surface area contributed by atoms with Crippen molar-refractivity contribution >= 4 is 11.8 Å². The zero-order chi connectivity index (χ0) is 14.7. The molecule has 1 fully saturated rings. The molecule has 112 valence electrons. The molecule has 1 saturated heterocycles. The highest BCUT2D eigenvalue weighted by Crippen LogP contribution is 2.26. The summed E-state index contributed by atoms with van der Waals surface area (Å²) < 4.78 is 2.14. The average molecular weight is 303 g/mol. The summed E-state index contributed by atoms with van der Waals surface area (Å²) in [5, 5.41) is 13.2. The quantitative estimate of drug-likeness (QED) is 0.878. The van der Waals surface area contributed by atoms with Crippen LogP contribution in [0.4, 0.5) is 0 Å². The van der Waals surface area contributed by atoms with Crippen molar-refractivity contribution in [3.8, 4) is 0 Å². The van der Waals surface area contributed by atoms with Crippen LogP contribution in [0.3, 0.4) is 0 Å². The lowest BCUT2D eigenvalue weighted by Gasteiger charge is -2.21. The first-order chi connectivity index (χ1) is 10.3. The minimum atomic E-state index is 0.488. The second-order valence-electron chi connectivity index (χ2n) is 5.50. The molecule has 2 aromatic rings. The standard InChI is InChI=1S/C15H21N5S/c1-11-5-3-8-17-13(11)10-21-15-19-18-14(20(15)2)12-6-4-7-16-9-12/h3,5,8,12,16H,4,6-7,9-10H2,1-2H3. The van der Waals surface area contributed by atoms with Crippen LogP contribution in [0.15, 0.2) is 23.5 Å². The summed E-state index contributed by atoms with van der Waals surface area (Å²) in [7, 11) is 2.07. The van der Waals surface area contributed by atoms with Crippen LogP contribution in [-0.4, -0.2) is 32.8 Å². The zero-order valence-electron chi connectivity index (χ0n) is 12.5. The third kappa shape index (κ3) is 3.27. The van der Waals surface area contributed by atoms with E-state index < -0.39 is 0 Å². The van der Waals surface area contributed by atoms with E-state index in [0.717, 1.165) is 35.5 Å². The second kappa shape index (κ2) is 6.58. The molecule has 1 N–H and O–H groups in total. The molecule has 1 aliphatic rings. The van der Waals surface area contributed by atoms with E-state index in [1.54, 1.807) is 11.8 Å². The van der Waals surface area contributed by atoms with Gasteiger partial charge in [0.05, 0.1) is 5.69 Å². The molecule has 5 nitrogen and oxygen atoms in total. The van der Waals surface area contributed by atoms with Crippen molar-refractivity contribution in [3.05, 3.63) is 35.4 Å². The van der Waals surface area contributed by atoms with E-state index in [9.17, 15) is 0 Å².